The number of aromatic nitrogens is 1. The van der Waals surface area contributed by atoms with E-state index in [0.29, 0.717) is 24.4 Å². The Hall–Kier alpha value is -2.89. The van der Waals surface area contributed by atoms with Gasteiger partial charge in [0.25, 0.3) is 0 Å². The van der Waals surface area contributed by atoms with Gasteiger partial charge in [-0.05, 0) is 49.9 Å². The fourth-order valence-corrected chi connectivity index (χ4v) is 2.25. The highest BCUT2D eigenvalue weighted by Crippen LogP contribution is 2.26. The molecule has 0 unspecified atom stereocenters. The van der Waals surface area contributed by atoms with Crippen LogP contribution in [0.3, 0.4) is 0 Å². The number of carbonyl (C=O) groups excluding carboxylic acids is 1. The van der Waals surface area contributed by atoms with E-state index in [1.807, 2.05) is 32.0 Å². The maximum atomic E-state index is 11.8. The summed E-state index contributed by atoms with van der Waals surface area (Å²) in [6, 6.07) is 9.25. The maximum absolute atomic E-state index is 11.8. The number of rotatable bonds is 8. The summed E-state index contributed by atoms with van der Waals surface area (Å²) in [7, 11) is 0. The first-order valence-electron chi connectivity index (χ1n) is 8.17. The number of nitrogens with one attached hydrogen (secondary N) is 1. The number of hydrogen-bond donors (Lipinski definition) is 2. The molecule has 6 heteroatoms. The Kier molecular flexibility index (Phi) is 6.51. The minimum absolute atomic E-state index is 0.0826. The van der Waals surface area contributed by atoms with E-state index in [9.17, 15) is 9.59 Å². The van der Waals surface area contributed by atoms with Gasteiger partial charge in [-0.1, -0.05) is 12.1 Å². The zero-order chi connectivity index (χ0) is 18.2. The number of carbonyl (C=O) groups is 2. The Balaban J connectivity index is 1.86. The number of benzene rings is 1. The van der Waals surface area contributed by atoms with Crippen LogP contribution in [0, 0.1) is 13.8 Å². The van der Waals surface area contributed by atoms with Gasteiger partial charge in [-0.3, -0.25) is 9.59 Å². The molecule has 0 aliphatic rings. The maximum Gasteiger partial charge on any atom is 0.303 e. The summed E-state index contributed by atoms with van der Waals surface area (Å²) in [5.74, 6) is 0.204. The molecule has 0 aliphatic heterocycles. The van der Waals surface area contributed by atoms with Crippen molar-refractivity contribution in [3.63, 3.8) is 0 Å². The van der Waals surface area contributed by atoms with Gasteiger partial charge in [0.05, 0.1) is 11.9 Å². The molecule has 0 bridgehead atoms. The van der Waals surface area contributed by atoms with Crippen molar-refractivity contribution < 1.29 is 19.4 Å². The van der Waals surface area contributed by atoms with Crippen molar-refractivity contribution in [3.8, 4) is 11.6 Å². The van der Waals surface area contributed by atoms with Crippen molar-refractivity contribution in [3.05, 3.63) is 47.7 Å². The summed E-state index contributed by atoms with van der Waals surface area (Å²) >= 11 is 0. The Morgan fingerprint density at radius 1 is 1.12 bits per heavy atom. The molecule has 1 amide bonds. The normalized spacial score (nSPS) is 10.3. The van der Waals surface area contributed by atoms with E-state index in [1.54, 1.807) is 12.1 Å². The topological polar surface area (TPSA) is 88.5 Å². The number of hydrogen-bond acceptors (Lipinski definition) is 4. The summed E-state index contributed by atoms with van der Waals surface area (Å²) in [5.41, 5.74) is 2.78. The number of carboxylic acid groups (broad SMARTS) is 1. The molecule has 0 radical (unpaired) electrons. The third-order valence-corrected chi connectivity index (χ3v) is 3.83. The van der Waals surface area contributed by atoms with Gasteiger partial charge in [-0.15, -0.1) is 0 Å². The Labute approximate surface area is 146 Å². The van der Waals surface area contributed by atoms with Crippen LogP contribution in [0.4, 0.5) is 5.69 Å². The van der Waals surface area contributed by atoms with Crippen molar-refractivity contribution in [1.29, 1.82) is 0 Å². The van der Waals surface area contributed by atoms with Crippen molar-refractivity contribution in [1.82, 2.24) is 4.98 Å². The number of anilines is 1. The summed E-state index contributed by atoms with van der Waals surface area (Å²) in [6.07, 6.45) is 2.94. The summed E-state index contributed by atoms with van der Waals surface area (Å²) in [4.78, 5) is 26.4. The molecule has 0 saturated carbocycles. The smallest absolute Gasteiger partial charge is 0.303 e. The molecule has 25 heavy (non-hydrogen) atoms. The molecule has 2 N–H and O–H groups in total. The lowest BCUT2D eigenvalue weighted by Gasteiger charge is -2.10. The molecule has 2 aromatic rings. The van der Waals surface area contributed by atoms with Gasteiger partial charge in [-0.25, -0.2) is 4.98 Å². The van der Waals surface area contributed by atoms with Crippen LogP contribution in [-0.4, -0.2) is 22.0 Å². The minimum atomic E-state index is -0.843. The van der Waals surface area contributed by atoms with E-state index in [4.69, 9.17) is 9.84 Å². The molecular formula is C19H22N2O4. The van der Waals surface area contributed by atoms with Crippen molar-refractivity contribution in [2.45, 2.75) is 39.5 Å². The summed E-state index contributed by atoms with van der Waals surface area (Å²) in [6.45, 7) is 4.01. The van der Waals surface area contributed by atoms with Gasteiger partial charge in [-0.2, -0.15) is 0 Å². The molecular weight excluding hydrogens is 320 g/mol. The SMILES string of the molecule is Cc1cccc(Oc2ccc(NC(=O)CCCCC(=O)O)cn2)c1C. The lowest BCUT2D eigenvalue weighted by atomic mass is 10.1. The number of nitrogens with zero attached hydrogens (tertiary/aromatic N) is 1. The summed E-state index contributed by atoms with van der Waals surface area (Å²) in [5, 5.41) is 11.3. The van der Waals surface area contributed by atoms with E-state index in [0.717, 1.165) is 16.9 Å². The monoisotopic (exact) mass is 342 g/mol. The van der Waals surface area contributed by atoms with Crippen LogP contribution in [-0.2, 0) is 9.59 Å². The molecule has 1 heterocycles. The van der Waals surface area contributed by atoms with Crippen molar-refractivity contribution >= 4 is 17.6 Å². The Bertz CT molecular complexity index is 742. The second kappa shape index (κ2) is 8.82. The van der Waals surface area contributed by atoms with E-state index >= 15 is 0 Å². The van der Waals surface area contributed by atoms with E-state index in [-0.39, 0.29) is 18.7 Å². The van der Waals surface area contributed by atoms with Crippen LogP contribution < -0.4 is 10.1 Å². The average Bonchev–Trinajstić information content (AvgIpc) is 2.57. The molecule has 1 aromatic heterocycles. The highest BCUT2D eigenvalue weighted by atomic mass is 16.5. The van der Waals surface area contributed by atoms with Gasteiger partial charge < -0.3 is 15.2 Å². The fraction of sp³-hybridized carbons (Fsp3) is 0.316. The zero-order valence-electron chi connectivity index (χ0n) is 14.4. The number of aryl methyl sites for hydroxylation is 1. The lowest BCUT2D eigenvalue weighted by molar-refractivity contribution is -0.137. The quantitative estimate of drug-likeness (QED) is 0.706. The van der Waals surface area contributed by atoms with Crippen LogP contribution >= 0.6 is 0 Å². The highest BCUT2D eigenvalue weighted by Gasteiger charge is 2.06. The van der Waals surface area contributed by atoms with Gasteiger partial charge in [0.15, 0.2) is 0 Å². The molecule has 0 saturated heterocycles. The molecule has 6 nitrogen and oxygen atoms in total. The number of pyridine rings is 1. The van der Waals surface area contributed by atoms with Crippen LogP contribution in [0.25, 0.3) is 0 Å². The number of carboxylic acids is 1. The van der Waals surface area contributed by atoms with E-state index in [2.05, 4.69) is 10.3 Å². The fourth-order valence-electron chi connectivity index (χ4n) is 2.25. The molecule has 0 spiro atoms. The van der Waals surface area contributed by atoms with Crippen LogP contribution in [0.1, 0.15) is 36.8 Å². The van der Waals surface area contributed by atoms with Crippen LogP contribution in [0.15, 0.2) is 36.5 Å². The number of ether oxygens (including phenoxy) is 1. The van der Waals surface area contributed by atoms with Gasteiger partial charge in [0.1, 0.15) is 5.75 Å². The van der Waals surface area contributed by atoms with Crippen molar-refractivity contribution in [2.75, 3.05) is 5.32 Å². The molecule has 0 atom stereocenters. The molecule has 2 rings (SSSR count). The number of aliphatic carboxylic acids is 1. The predicted molar refractivity (Wildman–Crippen MR) is 95.0 cm³/mol. The van der Waals surface area contributed by atoms with Gasteiger partial charge >= 0.3 is 5.97 Å². The molecule has 132 valence electrons. The van der Waals surface area contributed by atoms with E-state index in [1.165, 1.54) is 6.20 Å². The van der Waals surface area contributed by atoms with Crippen LogP contribution in [0.2, 0.25) is 0 Å². The first kappa shape index (κ1) is 18.4. The summed E-state index contributed by atoms with van der Waals surface area (Å²) < 4.78 is 5.77. The van der Waals surface area contributed by atoms with Gasteiger partial charge in [0, 0.05) is 18.9 Å². The predicted octanol–water partition coefficient (Wildman–Crippen LogP) is 4.07. The second-order valence-electron chi connectivity index (χ2n) is 5.83. The lowest BCUT2D eigenvalue weighted by Crippen LogP contribution is -2.11. The molecule has 0 fully saturated rings. The molecule has 0 aliphatic carbocycles. The zero-order valence-corrected chi connectivity index (χ0v) is 14.4. The second-order valence-corrected chi connectivity index (χ2v) is 5.83. The molecule has 1 aromatic carbocycles. The van der Waals surface area contributed by atoms with Crippen molar-refractivity contribution in [2.24, 2.45) is 0 Å². The Morgan fingerprint density at radius 2 is 1.88 bits per heavy atom. The minimum Gasteiger partial charge on any atom is -0.481 e. The number of unbranched alkanes of at least 4 members (excludes halogenated alkanes) is 1. The average molecular weight is 342 g/mol. The van der Waals surface area contributed by atoms with Crippen LogP contribution in [0.5, 0.6) is 11.6 Å². The highest BCUT2D eigenvalue weighted by molar-refractivity contribution is 5.90. The van der Waals surface area contributed by atoms with Gasteiger partial charge in [0.2, 0.25) is 11.8 Å². The third kappa shape index (κ3) is 5.91. The number of amides is 1. The third-order valence-electron chi connectivity index (χ3n) is 3.83. The first-order valence-corrected chi connectivity index (χ1v) is 8.17. The van der Waals surface area contributed by atoms with E-state index < -0.39 is 5.97 Å². The first-order chi connectivity index (χ1) is 12.0. The largest absolute Gasteiger partial charge is 0.481 e. The Morgan fingerprint density at radius 3 is 2.56 bits per heavy atom. The standard InChI is InChI=1S/C19H22N2O4/c1-13-6-5-7-16(14(13)2)25-18-11-10-15(12-20-18)21-17(22)8-3-4-9-19(23)24/h5-7,10-12H,3-4,8-9H2,1-2H3,(H,21,22)(H,23,24).